The molecule has 1 aromatic rings. The van der Waals surface area contributed by atoms with E-state index in [1.54, 1.807) is 6.20 Å². The van der Waals surface area contributed by atoms with Gasteiger partial charge in [0.2, 0.25) is 0 Å². The number of rotatable bonds is 2. The van der Waals surface area contributed by atoms with Crippen LogP contribution < -0.4 is 0 Å². The molecule has 0 bridgehead atoms. The molecule has 74 valence electrons. The fourth-order valence-electron chi connectivity index (χ4n) is 2.12. The highest BCUT2D eigenvalue weighted by Gasteiger charge is 2.15. The first-order valence-corrected chi connectivity index (χ1v) is 4.89. The van der Waals surface area contributed by atoms with E-state index in [1.165, 1.54) is 30.3 Å². The van der Waals surface area contributed by atoms with Crippen LogP contribution in [0.1, 0.15) is 29.8 Å². The molecule has 0 aromatic carbocycles. The molecular weight excluding hydrogens is 176 g/mol. The van der Waals surface area contributed by atoms with Crippen LogP contribution in [0.4, 0.5) is 0 Å². The van der Waals surface area contributed by atoms with Gasteiger partial charge in [0.15, 0.2) is 0 Å². The molecular formula is C11H14N2O. The molecule has 0 amide bonds. The molecule has 1 aliphatic rings. The molecule has 1 aliphatic carbocycles. The lowest BCUT2D eigenvalue weighted by Crippen LogP contribution is -2.05. The van der Waals surface area contributed by atoms with E-state index < -0.39 is 0 Å². The Balaban J connectivity index is 2.51. The van der Waals surface area contributed by atoms with E-state index in [2.05, 4.69) is 17.8 Å². The van der Waals surface area contributed by atoms with E-state index >= 15 is 0 Å². The van der Waals surface area contributed by atoms with Gasteiger partial charge in [0.1, 0.15) is 0 Å². The van der Waals surface area contributed by atoms with Crippen molar-refractivity contribution in [1.29, 1.82) is 0 Å². The van der Waals surface area contributed by atoms with Crippen LogP contribution >= 0.6 is 0 Å². The summed E-state index contributed by atoms with van der Waals surface area (Å²) in [4.78, 5) is 0. The second-order valence-corrected chi connectivity index (χ2v) is 3.55. The molecule has 0 spiro atoms. The monoisotopic (exact) mass is 190 g/mol. The second kappa shape index (κ2) is 3.70. The van der Waals surface area contributed by atoms with E-state index in [0.29, 0.717) is 0 Å². The standard InChI is InChI=1S/C11H14N2O/c1-2-13-10(8-12-14)7-9-5-3-4-6-11(9)13/h2,7-8,14H,1,3-6H2/b12-8+. The van der Waals surface area contributed by atoms with Gasteiger partial charge < -0.3 is 9.77 Å². The smallest absolute Gasteiger partial charge is 0.0901 e. The Hall–Kier alpha value is -1.51. The molecule has 0 atom stereocenters. The van der Waals surface area contributed by atoms with Crippen molar-refractivity contribution in [2.24, 2.45) is 5.16 Å². The average Bonchev–Trinajstić information content (AvgIpc) is 2.55. The molecule has 1 N–H and O–H groups in total. The quantitative estimate of drug-likeness (QED) is 0.433. The number of aryl methyl sites for hydroxylation is 1. The maximum atomic E-state index is 8.52. The van der Waals surface area contributed by atoms with Crippen LogP contribution in [0.2, 0.25) is 0 Å². The number of hydrogen-bond acceptors (Lipinski definition) is 2. The Morgan fingerprint density at radius 3 is 2.93 bits per heavy atom. The van der Waals surface area contributed by atoms with Crippen molar-refractivity contribution in [3.05, 3.63) is 29.6 Å². The predicted molar refractivity (Wildman–Crippen MR) is 56.8 cm³/mol. The molecule has 0 unspecified atom stereocenters. The Morgan fingerprint density at radius 2 is 2.21 bits per heavy atom. The SMILES string of the molecule is C=Cn1c(/C=N/O)cc2c1CCCC2. The first-order valence-electron chi connectivity index (χ1n) is 4.89. The number of oxime groups is 1. The van der Waals surface area contributed by atoms with E-state index in [9.17, 15) is 0 Å². The van der Waals surface area contributed by atoms with Crippen molar-refractivity contribution in [3.63, 3.8) is 0 Å². The van der Waals surface area contributed by atoms with Crippen molar-refractivity contribution < 1.29 is 5.21 Å². The van der Waals surface area contributed by atoms with Gasteiger partial charge in [-0.3, -0.25) is 0 Å². The minimum absolute atomic E-state index is 0.911. The molecule has 3 nitrogen and oxygen atoms in total. The highest BCUT2D eigenvalue weighted by Crippen LogP contribution is 2.24. The highest BCUT2D eigenvalue weighted by molar-refractivity contribution is 5.79. The molecule has 2 rings (SSSR count). The number of fused-ring (bicyclic) bond motifs is 1. The first-order chi connectivity index (χ1) is 6.86. The number of aromatic nitrogens is 1. The summed E-state index contributed by atoms with van der Waals surface area (Å²) in [6, 6.07) is 2.08. The van der Waals surface area contributed by atoms with Crippen molar-refractivity contribution in [2.75, 3.05) is 0 Å². The lowest BCUT2D eigenvalue weighted by molar-refractivity contribution is 0.321. The Bertz CT molecular complexity index is 377. The topological polar surface area (TPSA) is 37.5 Å². The van der Waals surface area contributed by atoms with Crippen LogP contribution in [-0.4, -0.2) is 16.0 Å². The van der Waals surface area contributed by atoms with Gasteiger partial charge in [-0.2, -0.15) is 0 Å². The third-order valence-corrected chi connectivity index (χ3v) is 2.74. The minimum atomic E-state index is 0.911. The van der Waals surface area contributed by atoms with Crippen molar-refractivity contribution >= 4 is 12.4 Å². The van der Waals surface area contributed by atoms with Gasteiger partial charge in [-0.1, -0.05) is 11.7 Å². The van der Waals surface area contributed by atoms with Gasteiger partial charge in [0.05, 0.1) is 11.9 Å². The Labute approximate surface area is 83.4 Å². The molecule has 1 aromatic heterocycles. The lowest BCUT2D eigenvalue weighted by atomic mass is 9.98. The van der Waals surface area contributed by atoms with Crippen LogP contribution in [0.5, 0.6) is 0 Å². The van der Waals surface area contributed by atoms with Gasteiger partial charge in [-0.05, 0) is 37.3 Å². The van der Waals surface area contributed by atoms with Crippen molar-refractivity contribution in [1.82, 2.24) is 4.57 Å². The van der Waals surface area contributed by atoms with Crippen LogP contribution in [0.25, 0.3) is 6.20 Å². The van der Waals surface area contributed by atoms with Crippen LogP contribution in [0.3, 0.4) is 0 Å². The molecule has 3 heteroatoms. The Kier molecular flexibility index (Phi) is 2.39. The summed E-state index contributed by atoms with van der Waals surface area (Å²) in [6.07, 6.45) is 7.95. The zero-order valence-electron chi connectivity index (χ0n) is 8.11. The van der Waals surface area contributed by atoms with E-state index in [-0.39, 0.29) is 0 Å². The van der Waals surface area contributed by atoms with Crippen LogP contribution in [0.15, 0.2) is 17.8 Å². The van der Waals surface area contributed by atoms with Gasteiger partial charge in [-0.15, -0.1) is 0 Å². The van der Waals surface area contributed by atoms with Crippen molar-refractivity contribution in [2.45, 2.75) is 25.7 Å². The summed E-state index contributed by atoms with van der Waals surface area (Å²) >= 11 is 0. The molecule has 0 radical (unpaired) electrons. The van der Waals surface area contributed by atoms with Gasteiger partial charge in [-0.25, -0.2) is 0 Å². The molecule has 14 heavy (non-hydrogen) atoms. The third kappa shape index (κ3) is 1.35. The minimum Gasteiger partial charge on any atom is -0.411 e. The van der Waals surface area contributed by atoms with Crippen LogP contribution in [-0.2, 0) is 12.8 Å². The summed E-state index contributed by atoms with van der Waals surface area (Å²) < 4.78 is 2.01. The lowest BCUT2D eigenvalue weighted by Gasteiger charge is -2.13. The molecule has 0 saturated carbocycles. The summed E-state index contributed by atoms with van der Waals surface area (Å²) in [6.45, 7) is 3.77. The third-order valence-electron chi connectivity index (χ3n) is 2.74. The zero-order chi connectivity index (χ0) is 9.97. The number of hydrogen-bond donors (Lipinski definition) is 1. The largest absolute Gasteiger partial charge is 0.411 e. The maximum Gasteiger partial charge on any atom is 0.0901 e. The Morgan fingerprint density at radius 1 is 1.43 bits per heavy atom. The molecule has 1 heterocycles. The molecule has 0 fully saturated rings. The fourth-order valence-corrected chi connectivity index (χ4v) is 2.12. The van der Waals surface area contributed by atoms with Gasteiger partial charge in [0.25, 0.3) is 0 Å². The maximum absolute atomic E-state index is 8.52. The highest BCUT2D eigenvalue weighted by atomic mass is 16.4. The number of nitrogens with zero attached hydrogens (tertiary/aromatic N) is 2. The van der Waals surface area contributed by atoms with Crippen molar-refractivity contribution in [3.8, 4) is 0 Å². The first kappa shape index (κ1) is 9.06. The van der Waals surface area contributed by atoms with E-state index in [1.807, 2.05) is 4.57 Å². The molecule has 0 saturated heterocycles. The van der Waals surface area contributed by atoms with E-state index in [0.717, 1.165) is 18.5 Å². The van der Waals surface area contributed by atoms with Gasteiger partial charge in [0, 0.05) is 11.9 Å². The fraction of sp³-hybridized carbons (Fsp3) is 0.364. The van der Waals surface area contributed by atoms with Crippen LogP contribution in [0, 0.1) is 0 Å². The van der Waals surface area contributed by atoms with E-state index in [4.69, 9.17) is 5.21 Å². The molecule has 0 aliphatic heterocycles. The summed E-state index contributed by atoms with van der Waals surface area (Å²) in [5, 5.41) is 11.6. The summed E-state index contributed by atoms with van der Waals surface area (Å²) in [7, 11) is 0. The second-order valence-electron chi connectivity index (χ2n) is 3.55. The predicted octanol–water partition coefficient (Wildman–Crippen LogP) is 2.28. The summed E-state index contributed by atoms with van der Waals surface area (Å²) in [5.41, 5.74) is 3.60. The normalized spacial score (nSPS) is 15.7. The summed E-state index contributed by atoms with van der Waals surface area (Å²) in [5.74, 6) is 0. The zero-order valence-corrected chi connectivity index (χ0v) is 8.11. The average molecular weight is 190 g/mol. The van der Waals surface area contributed by atoms with Gasteiger partial charge >= 0.3 is 0 Å².